The van der Waals surface area contributed by atoms with E-state index in [0.29, 0.717) is 5.95 Å². The van der Waals surface area contributed by atoms with E-state index in [2.05, 4.69) is 36.5 Å². The molecule has 0 unspecified atom stereocenters. The standard InChI is InChI=1S/C11H11BrN4/c1-13-11-14-7-6-10(16-11)15-9-5-3-2-4-8(9)12/h2-7H,1H3,(H2,13,14,15,16). The number of anilines is 3. The largest absolute Gasteiger partial charge is 0.357 e. The molecule has 82 valence electrons. The van der Waals surface area contributed by atoms with Crippen LogP contribution in [0, 0.1) is 0 Å². The van der Waals surface area contributed by atoms with E-state index >= 15 is 0 Å². The van der Waals surface area contributed by atoms with Crippen molar-refractivity contribution in [1.82, 2.24) is 9.97 Å². The Morgan fingerprint density at radius 3 is 2.75 bits per heavy atom. The Morgan fingerprint density at radius 1 is 1.19 bits per heavy atom. The van der Waals surface area contributed by atoms with Gasteiger partial charge in [0, 0.05) is 17.7 Å². The summed E-state index contributed by atoms with van der Waals surface area (Å²) in [5.41, 5.74) is 0.975. The van der Waals surface area contributed by atoms with E-state index in [1.807, 2.05) is 30.3 Å². The average Bonchev–Trinajstić information content (AvgIpc) is 2.32. The fraction of sp³-hybridized carbons (Fsp3) is 0.0909. The van der Waals surface area contributed by atoms with E-state index in [0.717, 1.165) is 16.0 Å². The summed E-state index contributed by atoms with van der Waals surface area (Å²) in [7, 11) is 1.79. The smallest absolute Gasteiger partial charge is 0.224 e. The normalized spacial score (nSPS) is 9.88. The van der Waals surface area contributed by atoms with Gasteiger partial charge in [-0.05, 0) is 34.1 Å². The molecular weight excluding hydrogens is 268 g/mol. The molecule has 0 bridgehead atoms. The highest BCUT2D eigenvalue weighted by molar-refractivity contribution is 9.10. The van der Waals surface area contributed by atoms with Crippen molar-refractivity contribution in [3.63, 3.8) is 0 Å². The van der Waals surface area contributed by atoms with Crippen molar-refractivity contribution in [3.8, 4) is 0 Å². The minimum Gasteiger partial charge on any atom is -0.357 e. The molecule has 0 aliphatic heterocycles. The first-order valence-corrected chi connectivity index (χ1v) is 5.61. The van der Waals surface area contributed by atoms with E-state index in [4.69, 9.17) is 0 Å². The molecule has 4 nitrogen and oxygen atoms in total. The van der Waals surface area contributed by atoms with Crippen LogP contribution in [0.25, 0.3) is 0 Å². The summed E-state index contributed by atoms with van der Waals surface area (Å²) < 4.78 is 1.000. The molecule has 0 aliphatic carbocycles. The summed E-state index contributed by atoms with van der Waals surface area (Å²) in [6, 6.07) is 9.70. The number of nitrogens with zero attached hydrogens (tertiary/aromatic N) is 2. The van der Waals surface area contributed by atoms with Gasteiger partial charge in [-0.15, -0.1) is 0 Å². The van der Waals surface area contributed by atoms with Gasteiger partial charge in [-0.25, -0.2) is 4.98 Å². The van der Waals surface area contributed by atoms with Crippen LogP contribution in [-0.4, -0.2) is 17.0 Å². The number of halogens is 1. The third-order valence-electron chi connectivity index (χ3n) is 2.02. The van der Waals surface area contributed by atoms with Crippen LogP contribution in [0.2, 0.25) is 0 Å². The van der Waals surface area contributed by atoms with E-state index in [1.165, 1.54) is 0 Å². The molecule has 2 aromatic rings. The van der Waals surface area contributed by atoms with E-state index in [-0.39, 0.29) is 0 Å². The first kappa shape index (κ1) is 10.9. The minimum absolute atomic E-state index is 0.594. The second-order valence-corrected chi connectivity index (χ2v) is 3.97. The van der Waals surface area contributed by atoms with Gasteiger partial charge in [-0.1, -0.05) is 12.1 Å². The maximum atomic E-state index is 4.27. The molecule has 2 N–H and O–H groups in total. The summed E-state index contributed by atoms with van der Waals surface area (Å²) in [6.07, 6.45) is 1.71. The lowest BCUT2D eigenvalue weighted by atomic mass is 10.3. The molecule has 2 rings (SSSR count). The van der Waals surface area contributed by atoms with E-state index in [1.54, 1.807) is 13.2 Å². The molecule has 1 heterocycles. The monoisotopic (exact) mass is 278 g/mol. The number of benzene rings is 1. The molecule has 0 radical (unpaired) electrons. The lowest BCUT2D eigenvalue weighted by Gasteiger charge is -2.08. The first-order chi connectivity index (χ1) is 7.79. The first-order valence-electron chi connectivity index (χ1n) is 4.82. The lowest BCUT2D eigenvalue weighted by molar-refractivity contribution is 1.15. The molecule has 1 aromatic heterocycles. The highest BCUT2D eigenvalue weighted by atomic mass is 79.9. The Hall–Kier alpha value is -1.62. The fourth-order valence-electron chi connectivity index (χ4n) is 1.25. The molecule has 16 heavy (non-hydrogen) atoms. The summed E-state index contributed by atoms with van der Waals surface area (Å²) in [4.78, 5) is 8.32. The molecule has 0 spiro atoms. The second-order valence-electron chi connectivity index (χ2n) is 3.12. The van der Waals surface area contributed by atoms with E-state index < -0.39 is 0 Å². The molecule has 0 saturated heterocycles. The molecule has 0 amide bonds. The highest BCUT2D eigenvalue weighted by Gasteiger charge is 2.00. The number of nitrogens with one attached hydrogen (secondary N) is 2. The van der Waals surface area contributed by atoms with Gasteiger partial charge >= 0.3 is 0 Å². The third-order valence-corrected chi connectivity index (χ3v) is 2.71. The third kappa shape index (κ3) is 2.49. The summed E-state index contributed by atoms with van der Waals surface area (Å²) >= 11 is 3.47. The number of para-hydroxylation sites is 1. The number of hydrogen-bond donors (Lipinski definition) is 2. The average molecular weight is 279 g/mol. The molecule has 1 aromatic carbocycles. The Kier molecular flexibility index (Phi) is 3.36. The van der Waals surface area contributed by atoms with Gasteiger partial charge in [0.2, 0.25) is 5.95 Å². The maximum Gasteiger partial charge on any atom is 0.224 e. The van der Waals surface area contributed by atoms with Gasteiger partial charge in [0.15, 0.2) is 0 Å². The molecule has 0 atom stereocenters. The van der Waals surface area contributed by atoms with Gasteiger partial charge in [-0.2, -0.15) is 4.98 Å². The van der Waals surface area contributed by atoms with Crippen molar-refractivity contribution in [3.05, 3.63) is 41.0 Å². The predicted octanol–water partition coefficient (Wildman–Crippen LogP) is 3.02. The SMILES string of the molecule is CNc1nccc(Nc2ccccc2Br)n1. The fourth-order valence-corrected chi connectivity index (χ4v) is 1.63. The topological polar surface area (TPSA) is 49.8 Å². The van der Waals surface area contributed by atoms with Crippen LogP contribution in [0.1, 0.15) is 0 Å². The van der Waals surface area contributed by atoms with Gasteiger partial charge in [0.25, 0.3) is 0 Å². The van der Waals surface area contributed by atoms with Crippen LogP contribution in [0.3, 0.4) is 0 Å². The minimum atomic E-state index is 0.594. The maximum absolute atomic E-state index is 4.27. The zero-order valence-electron chi connectivity index (χ0n) is 8.74. The number of aromatic nitrogens is 2. The van der Waals surface area contributed by atoms with Crippen LogP contribution in [0.15, 0.2) is 41.0 Å². The Balaban J connectivity index is 2.24. The van der Waals surface area contributed by atoms with Gasteiger partial charge in [0.05, 0.1) is 5.69 Å². The van der Waals surface area contributed by atoms with Crippen molar-refractivity contribution in [2.75, 3.05) is 17.7 Å². The van der Waals surface area contributed by atoms with Crippen LogP contribution >= 0.6 is 15.9 Å². The Labute approximate surface area is 102 Å². The number of hydrogen-bond acceptors (Lipinski definition) is 4. The highest BCUT2D eigenvalue weighted by Crippen LogP contribution is 2.24. The van der Waals surface area contributed by atoms with Crippen molar-refractivity contribution in [2.24, 2.45) is 0 Å². The molecule has 0 saturated carbocycles. The summed E-state index contributed by atoms with van der Waals surface area (Å²) in [5.74, 6) is 1.35. The van der Waals surface area contributed by atoms with Gasteiger partial charge in [0.1, 0.15) is 5.82 Å². The molecule has 0 fully saturated rings. The van der Waals surface area contributed by atoms with E-state index in [9.17, 15) is 0 Å². The molecular formula is C11H11BrN4. The van der Waals surface area contributed by atoms with Crippen molar-refractivity contribution in [2.45, 2.75) is 0 Å². The zero-order chi connectivity index (χ0) is 11.4. The van der Waals surface area contributed by atoms with Crippen LogP contribution in [0.4, 0.5) is 17.5 Å². The summed E-state index contributed by atoms with van der Waals surface area (Å²) in [5, 5.41) is 6.10. The Bertz CT molecular complexity index is 487. The Morgan fingerprint density at radius 2 is 2.00 bits per heavy atom. The molecule has 0 aliphatic rings. The quantitative estimate of drug-likeness (QED) is 0.906. The summed E-state index contributed by atoms with van der Waals surface area (Å²) in [6.45, 7) is 0. The lowest BCUT2D eigenvalue weighted by Crippen LogP contribution is -1.99. The van der Waals surface area contributed by atoms with Gasteiger partial charge < -0.3 is 10.6 Å². The zero-order valence-corrected chi connectivity index (χ0v) is 10.3. The second kappa shape index (κ2) is 4.94. The predicted molar refractivity (Wildman–Crippen MR) is 69.0 cm³/mol. The molecule has 5 heteroatoms. The number of rotatable bonds is 3. The van der Waals surface area contributed by atoms with Crippen molar-refractivity contribution < 1.29 is 0 Å². The van der Waals surface area contributed by atoms with Crippen LogP contribution in [-0.2, 0) is 0 Å². The van der Waals surface area contributed by atoms with Crippen LogP contribution in [0.5, 0.6) is 0 Å². The van der Waals surface area contributed by atoms with Crippen molar-refractivity contribution >= 4 is 33.4 Å². The van der Waals surface area contributed by atoms with Gasteiger partial charge in [-0.3, -0.25) is 0 Å². The van der Waals surface area contributed by atoms with Crippen molar-refractivity contribution in [1.29, 1.82) is 0 Å². The van der Waals surface area contributed by atoms with Crippen LogP contribution < -0.4 is 10.6 Å².